The molecule has 0 aromatic carbocycles. The molecule has 0 amide bonds. The maximum Gasteiger partial charge on any atom is 0.306 e. The molecule has 1 N–H and O–H groups in total. The van der Waals surface area contributed by atoms with Crippen molar-refractivity contribution >= 4 is 22.1 Å². The van der Waals surface area contributed by atoms with E-state index in [-0.39, 0.29) is 18.9 Å². The van der Waals surface area contributed by atoms with Crippen molar-refractivity contribution < 1.29 is 17.9 Å². The second kappa shape index (κ2) is 6.57. The van der Waals surface area contributed by atoms with Crippen LogP contribution < -0.4 is 4.72 Å². The van der Waals surface area contributed by atoms with Gasteiger partial charge in [-0.2, -0.15) is 17.8 Å². The lowest BCUT2D eigenvalue weighted by Crippen LogP contribution is -2.35. The quantitative estimate of drug-likeness (QED) is 0.714. The van der Waals surface area contributed by atoms with Crippen LogP contribution in [0.3, 0.4) is 0 Å². The van der Waals surface area contributed by atoms with E-state index < -0.39 is 16.2 Å². The van der Waals surface area contributed by atoms with E-state index in [1.807, 2.05) is 0 Å². The zero-order valence-electron chi connectivity index (χ0n) is 11.7. The number of anilines is 1. The van der Waals surface area contributed by atoms with Crippen LogP contribution in [0.5, 0.6) is 0 Å². The average Bonchev–Trinajstić information content (AvgIpc) is 2.39. The van der Waals surface area contributed by atoms with E-state index in [2.05, 4.69) is 24.6 Å². The SMILES string of the molecule is COC(=O)CCN(C)S(=O)(=O)Nc1nnc(C)c(C)n1. The van der Waals surface area contributed by atoms with Gasteiger partial charge in [0.15, 0.2) is 0 Å². The van der Waals surface area contributed by atoms with Crippen molar-refractivity contribution in [3.8, 4) is 0 Å². The summed E-state index contributed by atoms with van der Waals surface area (Å²) in [6.07, 6.45) is -0.0417. The molecule has 0 fully saturated rings. The Labute approximate surface area is 117 Å². The Morgan fingerprint density at radius 3 is 2.50 bits per heavy atom. The first-order chi connectivity index (χ1) is 9.26. The monoisotopic (exact) mass is 303 g/mol. The molecule has 112 valence electrons. The molecule has 9 nitrogen and oxygen atoms in total. The van der Waals surface area contributed by atoms with E-state index in [9.17, 15) is 13.2 Å². The molecule has 0 aliphatic rings. The molecule has 0 spiro atoms. The number of nitrogens with one attached hydrogen (secondary N) is 1. The van der Waals surface area contributed by atoms with Gasteiger partial charge in [0, 0.05) is 13.6 Å². The van der Waals surface area contributed by atoms with Crippen LogP contribution in [0.25, 0.3) is 0 Å². The number of carbonyl (C=O) groups is 1. The molecule has 0 atom stereocenters. The van der Waals surface area contributed by atoms with E-state index in [0.717, 1.165) is 4.31 Å². The number of esters is 1. The summed E-state index contributed by atoms with van der Waals surface area (Å²) in [5.74, 6) is -0.603. The first kappa shape index (κ1) is 16.2. The third kappa shape index (κ3) is 4.38. The molecule has 0 bridgehead atoms. The van der Waals surface area contributed by atoms with Gasteiger partial charge in [0.25, 0.3) is 5.95 Å². The molecule has 0 aliphatic heterocycles. The minimum atomic E-state index is -3.84. The minimum absolute atomic E-state index is 0.0136. The topological polar surface area (TPSA) is 114 Å². The van der Waals surface area contributed by atoms with Crippen molar-refractivity contribution in [2.75, 3.05) is 25.4 Å². The Kier molecular flexibility index (Phi) is 5.34. The first-order valence-corrected chi connectivity index (χ1v) is 7.19. The molecule has 1 aromatic rings. The molecule has 1 rings (SSSR count). The van der Waals surface area contributed by atoms with Gasteiger partial charge in [0.2, 0.25) is 0 Å². The summed E-state index contributed by atoms with van der Waals surface area (Å²) in [5, 5.41) is 7.43. The Morgan fingerprint density at radius 1 is 1.30 bits per heavy atom. The van der Waals surface area contributed by atoms with Crippen LogP contribution in [0, 0.1) is 13.8 Å². The van der Waals surface area contributed by atoms with Gasteiger partial charge in [-0.05, 0) is 13.8 Å². The van der Waals surface area contributed by atoms with Crippen molar-refractivity contribution in [2.45, 2.75) is 20.3 Å². The molecule has 1 heterocycles. The number of ether oxygens (including phenoxy) is 1. The Bertz CT molecular complexity index is 589. The standard InChI is InChI=1S/C10H17N5O4S/c1-7-8(2)12-13-10(11-7)14-20(17,18)15(3)6-5-9(16)19-4/h5-6H2,1-4H3,(H,11,13,14). The number of methoxy groups -OCH3 is 1. The molecule has 10 heteroatoms. The van der Waals surface area contributed by atoms with Crippen molar-refractivity contribution in [1.29, 1.82) is 0 Å². The van der Waals surface area contributed by atoms with Crippen LogP contribution in [-0.4, -0.2) is 54.6 Å². The van der Waals surface area contributed by atoms with Crippen LogP contribution in [0.2, 0.25) is 0 Å². The summed E-state index contributed by atoms with van der Waals surface area (Å²) in [5.41, 5.74) is 1.20. The molecular weight excluding hydrogens is 286 g/mol. The average molecular weight is 303 g/mol. The lowest BCUT2D eigenvalue weighted by molar-refractivity contribution is -0.140. The zero-order chi connectivity index (χ0) is 15.3. The zero-order valence-corrected chi connectivity index (χ0v) is 12.6. The van der Waals surface area contributed by atoms with Gasteiger partial charge in [-0.1, -0.05) is 0 Å². The van der Waals surface area contributed by atoms with Crippen LogP contribution >= 0.6 is 0 Å². The molecule has 0 radical (unpaired) electrons. The number of hydrogen-bond acceptors (Lipinski definition) is 7. The number of nitrogens with zero attached hydrogens (tertiary/aromatic N) is 4. The van der Waals surface area contributed by atoms with Crippen molar-refractivity contribution in [3.63, 3.8) is 0 Å². The predicted molar refractivity (Wildman–Crippen MR) is 71.1 cm³/mol. The van der Waals surface area contributed by atoms with Gasteiger partial charge >= 0.3 is 16.2 Å². The second-order valence-electron chi connectivity index (χ2n) is 4.06. The summed E-state index contributed by atoms with van der Waals surface area (Å²) >= 11 is 0. The first-order valence-electron chi connectivity index (χ1n) is 5.75. The highest BCUT2D eigenvalue weighted by atomic mass is 32.2. The van der Waals surface area contributed by atoms with Gasteiger partial charge in [0.05, 0.1) is 24.9 Å². The third-order valence-electron chi connectivity index (χ3n) is 2.58. The van der Waals surface area contributed by atoms with E-state index in [0.29, 0.717) is 11.4 Å². The van der Waals surface area contributed by atoms with Gasteiger partial charge in [0.1, 0.15) is 0 Å². The highest BCUT2D eigenvalue weighted by Gasteiger charge is 2.20. The number of rotatable bonds is 6. The smallest absolute Gasteiger partial charge is 0.306 e. The largest absolute Gasteiger partial charge is 0.469 e. The van der Waals surface area contributed by atoms with E-state index in [1.165, 1.54) is 14.2 Å². The molecule has 20 heavy (non-hydrogen) atoms. The van der Waals surface area contributed by atoms with Gasteiger partial charge in [-0.25, -0.2) is 9.71 Å². The molecular formula is C10H17N5O4S. The van der Waals surface area contributed by atoms with Crippen LogP contribution in [0.1, 0.15) is 17.8 Å². The number of aryl methyl sites for hydroxylation is 2. The van der Waals surface area contributed by atoms with Crippen molar-refractivity contribution in [3.05, 3.63) is 11.4 Å². The van der Waals surface area contributed by atoms with Gasteiger partial charge < -0.3 is 4.74 Å². The van der Waals surface area contributed by atoms with Crippen molar-refractivity contribution in [2.24, 2.45) is 0 Å². The molecule has 0 saturated carbocycles. The third-order valence-corrected chi connectivity index (χ3v) is 4.02. The van der Waals surface area contributed by atoms with Crippen LogP contribution in [0.15, 0.2) is 0 Å². The maximum absolute atomic E-state index is 12.0. The fourth-order valence-corrected chi connectivity index (χ4v) is 1.97. The molecule has 0 unspecified atom stereocenters. The minimum Gasteiger partial charge on any atom is -0.469 e. The Balaban J connectivity index is 2.73. The van der Waals surface area contributed by atoms with E-state index in [4.69, 9.17) is 0 Å². The lowest BCUT2D eigenvalue weighted by atomic mass is 10.4. The number of aromatic nitrogens is 3. The maximum atomic E-state index is 12.0. The predicted octanol–water partition coefficient (Wildman–Crippen LogP) is -0.360. The summed E-state index contributed by atoms with van der Waals surface area (Å²) in [6.45, 7) is 3.40. The van der Waals surface area contributed by atoms with E-state index in [1.54, 1.807) is 13.8 Å². The summed E-state index contributed by atoms with van der Waals surface area (Å²) in [6, 6.07) is 0. The highest BCUT2D eigenvalue weighted by molar-refractivity contribution is 7.90. The number of carbonyl (C=O) groups excluding carboxylic acids is 1. The van der Waals surface area contributed by atoms with Crippen LogP contribution in [0.4, 0.5) is 5.95 Å². The summed E-state index contributed by atoms with van der Waals surface area (Å²) < 4.78 is 31.5. The Morgan fingerprint density at radius 2 is 1.95 bits per heavy atom. The fourth-order valence-electron chi connectivity index (χ4n) is 1.16. The van der Waals surface area contributed by atoms with E-state index >= 15 is 0 Å². The van der Waals surface area contributed by atoms with Crippen molar-refractivity contribution in [1.82, 2.24) is 19.5 Å². The molecule has 1 aromatic heterocycles. The van der Waals surface area contributed by atoms with Gasteiger partial charge in [-0.15, -0.1) is 5.10 Å². The fraction of sp³-hybridized carbons (Fsp3) is 0.600. The lowest BCUT2D eigenvalue weighted by Gasteiger charge is -2.16. The van der Waals surface area contributed by atoms with Crippen LogP contribution in [-0.2, 0) is 19.7 Å². The highest BCUT2D eigenvalue weighted by Crippen LogP contribution is 2.07. The number of hydrogen-bond donors (Lipinski definition) is 1. The molecule has 0 aliphatic carbocycles. The summed E-state index contributed by atoms with van der Waals surface area (Å²) in [7, 11) is -1.26. The van der Waals surface area contributed by atoms with Gasteiger partial charge in [-0.3, -0.25) is 4.79 Å². The second-order valence-corrected chi connectivity index (χ2v) is 5.84. The molecule has 0 saturated heterocycles. The normalized spacial score (nSPS) is 11.4. The Hall–Kier alpha value is -1.81. The summed E-state index contributed by atoms with van der Waals surface area (Å²) in [4.78, 5) is 15.0.